The Hall–Kier alpha value is -0.410. The number of hydrogen-bond acceptors (Lipinski definition) is 3. The maximum absolute atomic E-state index is 10.8. The summed E-state index contributed by atoms with van der Waals surface area (Å²) < 4.78 is -0.0126. The van der Waals surface area contributed by atoms with Gasteiger partial charge in [0.05, 0.1) is 4.08 Å². The fourth-order valence-corrected chi connectivity index (χ4v) is 5.01. The minimum atomic E-state index is -0.0126. The van der Waals surface area contributed by atoms with E-state index in [0.717, 1.165) is 17.8 Å². The molecule has 3 heteroatoms. The van der Waals surface area contributed by atoms with Crippen LogP contribution in [-0.2, 0) is 8.87 Å². The Balaban J connectivity index is 2.29. The molecule has 0 unspecified atom stereocenters. The lowest BCUT2D eigenvalue weighted by atomic mass is 10.1. The lowest BCUT2D eigenvalue weighted by molar-refractivity contribution is -0.108. The minimum absolute atomic E-state index is 0.0126. The van der Waals surface area contributed by atoms with Gasteiger partial charge >= 0.3 is 0 Å². The first-order valence-electron chi connectivity index (χ1n) is 5.14. The second-order valence-electron chi connectivity index (χ2n) is 3.54. The van der Waals surface area contributed by atoms with Crippen LogP contribution in [0.2, 0.25) is 0 Å². The van der Waals surface area contributed by atoms with Crippen LogP contribution in [0.1, 0.15) is 18.4 Å². The molecule has 0 amide bonds. The van der Waals surface area contributed by atoms with Crippen LogP contribution in [0.3, 0.4) is 0 Å². The lowest BCUT2D eigenvalue weighted by Crippen LogP contribution is -2.23. The van der Waals surface area contributed by atoms with Crippen LogP contribution in [0, 0.1) is 0 Å². The van der Waals surface area contributed by atoms with Gasteiger partial charge in [0, 0.05) is 6.42 Å². The molecule has 0 radical (unpaired) electrons. The van der Waals surface area contributed by atoms with Crippen molar-refractivity contribution in [3.05, 3.63) is 35.9 Å². The molecule has 0 spiro atoms. The third kappa shape index (κ3) is 2.40. The average molecular weight is 238 g/mol. The van der Waals surface area contributed by atoms with Crippen LogP contribution < -0.4 is 0 Å². The molecule has 1 aliphatic rings. The van der Waals surface area contributed by atoms with E-state index < -0.39 is 0 Å². The van der Waals surface area contributed by atoms with E-state index in [1.165, 1.54) is 12.0 Å². The first-order chi connectivity index (χ1) is 7.37. The van der Waals surface area contributed by atoms with Crippen molar-refractivity contribution in [2.75, 3.05) is 11.5 Å². The summed E-state index contributed by atoms with van der Waals surface area (Å²) in [6, 6.07) is 10.4. The molecule has 0 bridgehead atoms. The van der Waals surface area contributed by atoms with Gasteiger partial charge in [0.25, 0.3) is 0 Å². The second-order valence-corrected chi connectivity index (χ2v) is 6.59. The molecule has 15 heavy (non-hydrogen) atoms. The molecule has 1 aromatic rings. The van der Waals surface area contributed by atoms with Gasteiger partial charge in [-0.2, -0.15) is 0 Å². The summed E-state index contributed by atoms with van der Waals surface area (Å²) in [6.07, 6.45) is 2.92. The highest BCUT2D eigenvalue weighted by atomic mass is 32.2. The fourth-order valence-electron chi connectivity index (χ4n) is 1.78. The molecule has 0 atom stereocenters. The van der Waals surface area contributed by atoms with Crippen LogP contribution >= 0.6 is 23.5 Å². The van der Waals surface area contributed by atoms with Crippen LogP contribution in [0.5, 0.6) is 0 Å². The van der Waals surface area contributed by atoms with Crippen molar-refractivity contribution < 1.29 is 4.79 Å². The monoisotopic (exact) mass is 238 g/mol. The number of carbonyl (C=O) groups is 1. The summed E-state index contributed by atoms with van der Waals surface area (Å²) in [6.45, 7) is 0. The third-order valence-corrected chi connectivity index (χ3v) is 5.95. The maximum atomic E-state index is 10.8. The summed E-state index contributed by atoms with van der Waals surface area (Å²) in [5, 5.41) is 0. The van der Waals surface area contributed by atoms with Gasteiger partial charge in [0.1, 0.15) is 6.29 Å². The highest BCUT2D eigenvalue weighted by molar-refractivity contribution is 8.18. The lowest BCUT2D eigenvalue weighted by Gasteiger charge is -2.35. The Labute approximate surface area is 99.0 Å². The summed E-state index contributed by atoms with van der Waals surface area (Å²) >= 11 is 3.84. The Kier molecular flexibility index (Phi) is 3.76. The normalized spacial score (nSPS) is 19.7. The highest BCUT2D eigenvalue weighted by Crippen LogP contribution is 2.51. The zero-order valence-electron chi connectivity index (χ0n) is 8.52. The molecular weight excluding hydrogens is 224 g/mol. The van der Waals surface area contributed by atoms with Crippen LogP contribution in [0.15, 0.2) is 30.3 Å². The number of rotatable bonds is 3. The van der Waals surface area contributed by atoms with Gasteiger partial charge in [-0.3, -0.25) is 0 Å². The Bertz CT molecular complexity index is 318. The molecule has 1 nitrogen and oxygen atoms in total. The predicted molar refractivity (Wildman–Crippen MR) is 68.3 cm³/mol. The SMILES string of the molecule is O=CCC1(c2ccccc2)SCCCS1. The summed E-state index contributed by atoms with van der Waals surface area (Å²) in [5.74, 6) is 2.32. The zero-order valence-corrected chi connectivity index (χ0v) is 10.2. The van der Waals surface area contributed by atoms with Crippen LogP contribution in [-0.4, -0.2) is 17.8 Å². The van der Waals surface area contributed by atoms with Crippen molar-refractivity contribution in [1.29, 1.82) is 0 Å². The van der Waals surface area contributed by atoms with E-state index in [1.807, 2.05) is 29.6 Å². The van der Waals surface area contributed by atoms with E-state index in [0.29, 0.717) is 6.42 Å². The topological polar surface area (TPSA) is 17.1 Å². The first-order valence-corrected chi connectivity index (χ1v) is 7.11. The van der Waals surface area contributed by atoms with E-state index in [-0.39, 0.29) is 4.08 Å². The molecule has 0 N–H and O–H groups in total. The molecule has 0 aromatic heterocycles. The standard InChI is InChI=1S/C12H14OS2/c13-8-7-12(14-9-4-10-15-12)11-5-2-1-3-6-11/h1-3,5-6,8H,4,7,9-10H2. The van der Waals surface area contributed by atoms with E-state index in [2.05, 4.69) is 24.3 Å². The van der Waals surface area contributed by atoms with Crippen molar-refractivity contribution >= 4 is 29.8 Å². The first kappa shape index (κ1) is 11.1. The van der Waals surface area contributed by atoms with E-state index >= 15 is 0 Å². The van der Waals surface area contributed by atoms with Crippen molar-refractivity contribution in [2.24, 2.45) is 0 Å². The zero-order chi connectivity index (χ0) is 10.6. The van der Waals surface area contributed by atoms with Crippen molar-refractivity contribution in [1.82, 2.24) is 0 Å². The number of benzene rings is 1. The smallest absolute Gasteiger partial charge is 0.122 e. The van der Waals surface area contributed by atoms with Gasteiger partial charge in [0.2, 0.25) is 0 Å². The number of hydrogen-bond donors (Lipinski definition) is 0. The number of carbonyl (C=O) groups excluding carboxylic acids is 1. The molecule has 80 valence electrons. The van der Waals surface area contributed by atoms with Gasteiger partial charge in [0.15, 0.2) is 0 Å². The molecular formula is C12H14OS2. The van der Waals surface area contributed by atoms with Crippen LogP contribution in [0.4, 0.5) is 0 Å². The molecule has 2 rings (SSSR count). The minimum Gasteiger partial charge on any atom is -0.303 e. The van der Waals surface area contributed by atoms with Gasteiger partial charge < -0.3 is 4.79 Å². The molecule has 1 fully saturated rings. The second kappa shape index (κ2) is 5.08. The summed E-state index contributed by atoms with van der Waals surface area (Å²) in [7, 11) is 0. The Morgan fingerprint density at radius 1 is 1.20 bits per heavy atom. The average Bonchev–Trinajstić information content (AvgIpc) is 2.32. The van der Waals surface area contributed by atoms with Crippen molar-refractivity contribution in [3.63, 3.8) is 0 Å². The van der Waals surface area contributed by atoms with Gasteiger partial charge in [-0.05, 0) is 23.5 Å². The molecule has 1 aromatic carbocycles. The van der Waals surface area contributed by atoms with Gasteiger partial charge in [-0.1, -0.05) is 30.3 Å². The fraction of sp³-hybridized carbons (Fsp3) is 0.417. The molecule has 0 saturated carbocycles. The van der Waals surface area contributed by atoms with E-state index in [4.69, 9.17) is 0 Å². The van der Waals surface area contributed by atoms with Gasteiger partial charge in [-0.25, -0.2) is 0 Å². The van der Waals surface area contributed by atoms with E-state index in [9.17, 15) is 4.79 Å². The maximum Gasteiger partial charge on any atom is 0.122 e. The number of aldehydes is 1. The third-order valence-electron chi connectivity index (χ3n) is 2.52. The Morgan fingerprint density at radius 3 is 2.47 bits per heavy atom. The predicted octanol–water partition coefficient (Wildman–Crippen LogP) is 3.30. The summed E-state index contributed by atoms with van der Waals surface area (Å²) in [5.41, 5.74) is 1.28. The Morgan fingerprint density at radius 2 is 1.87 bits per heavy atom. The molecule has 1 saturated heterocycles. The quantitative estimate of drug-likeness (QED) is 0.752. The van der Waals surface area contributed by atoms with Crippen LogP contribution in [0.25, 0.3) is 0 Å². The van der Waals surface area contributed by atoms with Crippen molar-refractivity contribution in [3.8, 4) is 0 Å². The molecule has 1 heterocycles. The summed E-state index contributed by atoms with van der Waals surface area (Å²) in [4.78, 5) is 10.8. The van der Waals surface area contributed by atoms with Crippen molar-refractivity contribution in [2.45, 2.75) is 16.9 Å². The van der Waals surface area contributed by atoms with Gasteiger partial charge in [-0.15, -0.1) is 23.5 Å². The largest absolute Gasteiger partial charge is 0.303 e. The molecule has 1 aliphatic heterocycles. The van der Waals surface area contributed by atoms with E-state index in [1.54, 1.807) is 0 Å². The highest BCUT2D eigenvalue weighted by Gasteiger charge is 2.34. The number of thioether (sulfide) groups is 2. The molecule has 0 aliphatic carbocycles.